The molecule has 0 fully saturated rings. The first-order valence-electron chi connectivity index (χ1n) is 32.9. The van der Waals surface area contributed by atoms with E-state index in [0.717, 1.165) is 88.6 Å². The largest absolute Gasteiger partial charge is 0.488 e. The molecular weight excluding hydrogens is 1210 g/mol. The van der Waals surface area contributed by atoms with Gasteiger partial charge in [0, 0.05) is 88.3 Å². The van der Waals surface area contributed by atoms with Gasteiger partial charge in [0.2, 0.25) is 5.91 Å². The van der Waals surface area contributed by atoms with Crippen molar-refractivity contribution in [3.05, 3.63) is 256 Å². The topological polar surface area (TPSA) is 221 Å². The molecule has 0 radical (unpaired) electrons. The molecule has 0 spiro atoms. The van der Waals surface area contributed by atoms with Gasteiger partial charge < -0.3 is 50.4 Å². The highest BCUT2D eigenvalue weighted by molar-refractivity contribution is 6.98. The average Bonchev–Trinajstić information content (AvgIpc) is 0.719. The summed E-state index contributed by atoms with van der Waals surface area (Å²) in [5.74, 6) is -0.201. The normalized spacial score (nSPS) is 13.8. The van der Waals surface area contributed by atoms with Gasteiger partial charge in [0.15, 0.2) is 18.0 Å². The lowest BCUT2D eigenvalue weighted by Gasteiger charge is -2.38. The first kappa shape index (κ1) is 70.5. The van der Waals surface area contributed by atoms with E-state index in [1.54, 1.807) is 62.4 Å². The summed E-state index contributed by atoms with van der Waals surface area (Å²) in [6, 6.07) is 51.4. The number of hydrogen-bond donors (Lipinski definition) is 9. The number of carbonyl (C=O) groups excluding carboxylic acids is 2. The fraction of sp³-hybridized carbons (Fsp3) is 0.250. The van der Waals surface area contributed by atoms with E-state index in [0.29, 0.717) is 118 Å². The minimum atomic E-state index is -2.67. The van der Waals surface area contributed by atoms with Crippen molar-refractivity contribution in [1.82, 2.24) is 15.1 Å². The summed E-state index contributed by atoms with van der Waals surface area (Å²) in [7, 11) is -5.30. The molecule has 1 aliphatic heterocycles. The Morgan fingerprint density at radius 1 is 0.542 bits per heavy atom. The molecule has 8 aromatic carbocycles. The van der Waals surface area contributed by atoms with Gasteiger partial charge in [0.1, 0.15) is 15.1 Å². The Morgan fingerprint density at radius 3 is 1.57 bits per heavy atom. The standard InChI is InChI=1S/C76H85B4N5O10Si/c1-51(2)72(86)32-19-20-40-84(47-56-24-11-17-30-70(56)79(92)93)50-67-61-27-14-13-26-60(61)66(49-85(41-21-39-81-76(87)52(3)4)48-57-25-12-18-31-71(57)80(94)95)62-36-33-53(42-65(62)67)75-63-37-34-58(82(5)45-54-22-9-15-28-68(54)77(88)89)43-73(63)96(7,8)74-44-59(35-38-64(74)75)83(6)46-55-23-10-16-29-69(55)78(90)91/h9-18,22-31,33-38,42-44,88-95H,1,3,19-21,32,39-41,45-50H2,2,4-8H3/p+1. The van der Waals surface area contributed by atoms with Crippen molar-refractivity contribution in [2.45, 2.75) is 91.9 Å². The van der Waals surface area contributed by atoms with Crippen LogP contribution in [-0.4, -0.2) is 142 Å². The molecule has 15 nitrogen and oxygen atoms in total. The van der Waals surface area contributed by atoms with Gasteiger partial charge >= 0.3 is 28.5 Å². The number of amides is 1. The van der Waals surface area contributed by atoms with Crippen molar-refractivity contribution in [2.24, 2.45) is 0 Å². The third-order valence-electron chi connectivity index (χ3n) is 18.9. The van der Waals surface area contributed by atoms with Crippen LogP contribution in [0.4, 0.5) is 5.69 Å². The molecule has 10 rings (SSSR count). The Hall–Kier alpha value is -8.33. The number of ketones is 1. The van der Waals surface area contributed by atoms with Gasteiger partial charge in [-0.15, -0.1) is 0 Å². The summed E-state index contributed by atoms with van der Waals surface area (Å²) >= 11 is 0. The molecule has 9 N–H and O–H groups in total. The molecule has 20 heteroatoms. The molecule has 0 saturated carbocycles. The second kappa shape index (κ2) is 31.2. The van der Waals surface area contributed by atoms with Crippen LogP contribution >= 0.6 is 0 Å². The van der Waals surface area contributed by atoms with Gasteiger partial charge in [-0.2, -0.15) is 0 Å². The summed E-state index contributed by atoms with van der Waals surface area (Å²) in [5.41, 5.74) is 14.0. The van der Waals surface area contributed by atoms with E-state index < -0.39 is 36.5 Å². The smallest absolute Gasteiger partial charge is 0.423 e. The molecule has 0 aromatic heterocycles. The summed E-state index contributed by atoms with van der Waals surface area (Å²) in [4.78, 5) is 32.5. The highest BCUT2D eigenvalue weighted by Crippen LogP contribution is 2.44. The van der Waals surface area contributed by atoms with Gasteiger partial charge in [0.05, 0.1) is 0 Å². The Labute approximate surface area is 566 Å². The molecule has 1 heterocycles. The third kappa shape index (κ3) is 16.0. The van der Waals surface area contributed by atoms with Crippen molar-refractivity contribution < 1.29 is 54.4 Å². The number of nitrogens with one attached hydrogen (secondary N) is 1. The van der Waals surface area contributed by atoms with E-state index in [9.17, 15) is 49.8 Å². The molecule has 0 unspecified atom stereocenters. The molecule has 2 aliphatic rings. The molecule has 8 aromatic rings. The Kier molecular flexibility index (Phi) is 22.9. The number of Topliss-reactive ketones (excluding diaryl/α,β-unsaturated/α-hetero) is 1. The van der Waals surface area contributed by atoms with Crippen molar-refractivity contribution in [3.63, 3.8) is 0 Å². The van der Waals surface area contributed by atoms with Crippen LogP contribution in [0.2, 0.25) is 13.1 Å². The summed E-state index contributed by atoms with van der Waals surface area (Å²) in [6.07, 6.45) is 8.95. The Bertz CT molecular complexity index is 4390. The van der Waals surface area contributed by atoms with Crippen LogP contribution < -0.4 is 37.3 Å². The Morgan fingerprint density at radius 2 is 1.03 bits per heavy atom. The predicted molar refractivity (Wildman–Crippen MR) is 395 cm³/mol. The van der Waals surface area contributed by atoms with Gasteiger partial charge in [-0.3, -0.25) is 19.4 Å². The first-order chi connectivity index (χ1) is 46.0. The second-order valence-electron chi connectivity index (χ2n) is 26.2. The van der Waals surface area contributed by atoms with Crippen molar-refractivity contribution in [2.75, 3.05) is 38.6 Å². The minimum absolute atomic E-state index is 0.0205. The number of hydrogen-bond acceptors (Lipinski definition) is 13. The SMILES string of the molecule is C=C(C)C(=O)CCCCN(Cc1ccccc1B(O)O)Cc1c2ccccc2c(CN(CCCNC(=O)C(=C)C)Cc2ccccc2B(O)O)c2ccc(C3=C4C=CC(=[N+](C)Cc5ccccc5B(O)O)C=C4[Si](C)(C)c4cc(N(C)Cc5ccccc5B(O)O)ccc43)cc12. The van der Waals surface area contributed by atoms with Crippen LogP contribution in [-0.2, 0) is 48.9 Å². The number of unbranched alkanes of at least 4 members (excludes halogenated alkanes) is 1. The Balaban J connectivity index is 1.20. The van der Waals surface area contributed by atoms with Crippen LogP contribution in [0.25, 0.3) is 27.1 Å². The number of fused-ring (bicyclic) bond motifs is 4. The lowest BCUT2D eigenvalue weighted by molar-refractivity contribution is -0.512. The fourth-order valence-corrected chi connectivity index (χ4v) is 16.8. The van der Waals surface area contributed by atoms with E-state index in [2.05, 4.69) is 130 Å². The van der Waals surface area contributed by atoms with Gasteiger partial charge in [-0.25, -0.2) is 4.58 Å². The van der Waals surface area contributed by atoms with E-state index >= 15 is 0 Å². The van der Waals surface area contributed by atoms with Gasteiger partial charge in [0.25, 0.3) is 0 Å². The highest BCUT2D eigenvalue weighted by atomic mass is 28.3. The van der Waals surface area contributed by atoms with E-state index in [4.69, 9.17) is 0 Å². The maximum Gasteiger partial charge on any atom is 0.488 e. The average molecular weight is 1300 g/mol. The minimum Gasteiger partial charge on any atom is -0.423 e. The molecule has 0 bridgehead atoms. The predicted octanol–water partition coefficient (Wildman–Crippen LogP) is 5.80. The van der Waals surface area contributed by atoms with Crippen LogP contribution in [0.5, 0.6) is 0 Å². The van der Waals surface area contributed by atoms with E-state index in [-0.39, 0.29) is 11.7 Å². The summed E-state index contributed by atoms with van der Waals surface area (Å²) in [5, 5.41) is 94.1. The molecule has 1 aliphatic carbocycles. The van der Waals surface area contributed by atoms with Crippen molar-refractivity contribution in [1.29, 1.82) is 0 Å². The number of benzene rings is 8. The third-order valence-corrected chi connectivity index (χ3v) is 22.5. The zero-order chi connectivity index (χ0) is 68.5. The number of anilines is 1. The maximum absolute atomic E-state index is 13.0. The zero-order valence-corrected chi connectivity index (χ0v) is 56.8. The lowest BCUT2D eigenvalue weighted by Crippen LogP contribution is -2.50. The van der Waals surface area contributed by atoms with Crippen LogP contribution in [0.3, 0.4) is 0 Å². The number of allylic oxidation sites excluding steroid dienone is 6. The van der Waals surface area contributed by atoms with Crippen LogP contribution in [0.1, 0.15) is 84.0 Å². The van der Waals surface area contributed by atoms with Crippen molar-refractivity contribution >= 4 is 114 Å². The van der Waals surface area contributed by atoms with Crippen LogP contribution in [0, 0.1) is 0 Å². The van der Waals surface area contributed by atoms with E-state index in [1.807, 2.05) is 62.6 Å². The molecule has 0 atom stereocenters. The first-order valence-corrected chi connectivity index (χ1v) is 35.9. The summed E-state index contributed by atoms with van der Waals surface area (Å²) in [6.45, 7) is 19.9. The summed E-state index contributed by atoms with van der Waals surface area (Å²) < 4.78 is 2.14. The van der Waals surface area contributed by atoms with Crippen LogP contribution in [0.15, 0.2) is 211 Å². The number of rotatable bonds is 29. The molecule has 96 heavy (non-hydrogen) atoms. The lowest BCUT2D eigenvalue weighted by atomic mass is 9.77. The highest BCUT2D eigenvalue weighted by Gasteiger charge is 2.41. The quantitative estimate of drug-likeness (QED) is 0.00892. The monoisotopic (exact) mass is 1300 g/mol. The van der Waals surface area contributed by atoms with Crippen molar-refractivity contribution in [3.8, 4) is 0 Å². The van der Waals surface area contributed by atoms with E-state index in [1.165, 1.54) is 10.4 Å². The van der Waals surface area contributed by atoms with Gasteiger partial charge in [-0.1, -0.05) is 166 Å². The molecular formula is C76H86B4N5O10Si+. The molecule has 490 valence electrons. The number of carbonyl (C=O) groups is 2. The maximum atomic E-state index is 13.0. The fourth-order valence-electron chi connectivity index (χ4n) is 13.7. The molecule has 1 amide bonds. The zero-order valence-electron chi connectivity index (χ0n) is 55.8. The molecule has 0 saturated heterocycles. The number of nitrogens with zero attached hydrogens (tertiary/aromatic N) is 4. The second-order valence-corrected chi connectivity index (χ2v) is 30.5. The van der Waals surface area contributed by atoms with Gasteiger partial charge in [-0.05, 0) is 173 Å².